The van der Waals surface area contributed by atoms with E-state index in [9.17, 15) is 22.5 Å². The molecule has 1 heterocycles. The smallest absolute Gasteiger partial charge is 0.387 e. The van der Waals surface area contributed by atoms with Gasteiger partial charge in [0.2, 0.25) is 10.0 Å². The molecule has 0 amide bonds. The summed E-state index contributed by atoms with van der Waals surface area (Å²) < 4.78 is 58.7. The molecule has 0 atom stereocenters. The summed E-state index contributed by atoms with van der Waals surface area (Å²) in [4.78, 5) is 0. The Bertz CT molecular complexity index is 1320. The molecule has 0 bridgehead atoms. The van der Waals surface area contributed by atoms with Gasteiger partial charge in [-0.15, -0.1) is 0 Å². The van der Waals surface area contributed by atoms with Crippen LogP contribution in [0.1, 0.15) is 45.2 Å². The van der Waals surface area contributed by atoms with Gasteiger partial charge in [0.1, 0.15) is 11.8 Å². The molecule has 0 saturated heterocycles. The van der Waals surface area contributed by atoms with Crippen molar-refractivity contribution in [3.63, 3.8) is 0 Å². The second-order valence-electron chi connectivity index (χ2n) is 8.49. The number of hydrogen-bond donors (Lipinski definition) is 1. The predicted molar refractivity (Wildman–Crippen MR) is 119 cm³/mol. The second-order valence-corrected chi connectivity index (χ2v) is 10.7. The van der Waals surface area contributed by atoms with Crippen molar-refractivity contribution < 1.29 is 21.9 Å². The van der Waals surface area contributed by atoms with Gasteiger partial charge in [-0.1, -0.05) is 12.1 Å². The van der Waals surface area contributed by atoms with Crippen molar-refractivity contribution in [2.45, 2.75) is 51.0 Å². The summed E-state index contributed by atoms with van der Waals surface area (Å²) in [6.07, 6.45) is 1.27. The number of benzene rings is 2. The standard InChI is InChI=1S/C23H23F2N3O3S/c1-14(2)28-20-12-17(31-22(24)25)8-9-18(20)19(13-26)21(28)15-4-6-16(7-5-15)27-32(29,30)23(3)10-11-23/h4-9,12,14,22,27H,10-11H2,1-3H3. The summed E-state index contributed by atoms with van der Waals surface area (Å²) in [7, 11) is -3.47. The fourth-order valence-corrected chi connectivity index (χ4v) is 5.15. The van der Waals surface area contributed by atoms with Crippen molar-refractivity contribution >= 4 is 26.6 Å². The lowest BCUT2D eigenvalue weighted by Crippen LogP contribution is -2.26. The van der Waals surface area contributed by atoms with Crippen LogP contribution in [0.15, 0.2) is 42.5 Å². The molecule has 0 spiro atoms. The highest BCUT2D eigenvalue weighted by molar-refractivity contribution is 7.94. The Kier molecular flexibility index (Phi) is 5.37. The monoisotopic (exact) mass is 459 g/mol. The largest absolute Gasteiger partial charge is 0.435 e. The Balaban J connectivity index is 1.79. The van der Waals surface area contributed by atoms with Gasteiger partial charge in [-0.3, -0.25) is 4.72 Å². The number of fused-ring (bicyclic) bond motifs is 1. The minimum absolute atomic E-state index is 0.0151. The number of nitrogens with zero attached hydrogens (tertiary/aromatic N) is 2. The zero-order valence-corrected chi connectivity index (χ0v) is 18.7. The van der Waals surface area contributed by atoms with Crippen molar-refractivity contribution in [2.24, 2.45) is 0 Å². The minimum Gasteiger partial charge on any atom is -0.435 e. The van der Waals surface area contributed by atoms with E-state index < -0.39 is 21.4 Å². The predicted octanol–water partition coefficient (Wildman–Crippen LogP) is 5.66. The van der Waals surface area contributed by atoms with Gasteiger partial charge >= 0.3 is 6.61 Å². The number of anilines is 1. The van der Waals surface area contributed by atoms with Gasteiger partial charge < -0.3 is 9.30 Å². The number of nitrogens with one attached hydrogen (secondary N) is 1. The van der Waals surface area contributed by atoms with Crippen LogP contribution in [0.5, 0.6) is 5.75 Å². The molecule has 1 fully saturated rings. The lowest BCUT2D eigenvalue weighted by molar-refractivity contribution is -0.0497. The number of sulfonamides is 1. The van der Waals surface area contributed by atoms with E-state index in [2.05, 4.69) is 15.5 Å². The molecule has 0 aliphatic heterocycles. The number of hydrogen-bond acceptors (Lipinski definition) is 4. The van der Waals surface area contributed by atoms with E-state index in [1.54, 1.807) is 37.3 Å². The first kappa shape index (κ1) is 22.1. The third-order valence-corrected chi connectivity index (χ3v) is 8.05. The number of alkyl halides is 2. The van der Waals surface area contributed by atoms with Crippen molar-refractivity contribution in [3.05, 3.63) is 48.0 Å². The molecule has 6 nitrogen and oxygen atoms in total. The Morgan fingerprint density at radius 2 is 1.81 bits per heavy atom. The average molecular weight is 460 g/mol. The molecule has 0 radical (unpaired) electrons. The van der Waals surface area contributed by atoms with Crippen molar-refractivity contribution in [1.29, 1.82) is 5.26 Å². The molecule has 1 aliphatic carbocycles. The average Bonchev–Trinajstić information content (AvgIpc) is 3.39. The Labute approximate surface area is 185 Å². The first-order valence-corrected chi connectivity index (χ1v) is 11.7. The van der Waals surface area contributed by atoms with Crippen LogP contribution in [0.25, 0.3) is 22.2 Å². The van der Waals surface area contributed by atoms with Gasteiger partial charge in [-0.25, -0.2) is 8.42 Å². The Morgan fingerprint density at radius 3 is 2.34 bits per heavy atom. The highest BCUT2D eigenvalue weighted by atomic mass is 32.2. The van der Waals surface area contributed by atoms with Gasteiger partial charge in [0.25, 0.3) is 0 Å². The summed E-state index contributed by atoms with van der Waals surface area (Å²) in [6.45, 7) is 2.64. The van der Waals surface area contributed by atoms with Gasteiger partial charge in [-0.2, -0.15) is 14.0 Å². The summed E-state index contributed by atoms with van der Waals surface area (Å²) in [5.41, 5.74) is 2.81. The van der Waals surface area contributed by atoms with Gasteiger partial charge in [-0.05, 0) is 63.4 Å². The normalized spacial score (nSPS) is 15.2. The van der Waals surface area contributed by atoms with Crippen LogP contribution in [0, 0.1) is 11.3 Å². The fourth-order valence-electron chi connectivity index (χ4n) is 3.82. The van der Waals surface area contributed by atoms with Crippen LogP contribution in [0.4, 0.5) is 14.5 Å². The van der Waals surface area contributed by atoms with E-state index in [0.717, 1.165) is 0 Å². The van der Waals surface area contributed by atoms with Crippen molar-refractivity contribution in [2.75, 3.05) is 4.72 Å². The summed E-state index contributed by atoms with van der Waals surface area (Å²) in [6, 6.07) is 13.5. The zero-order chi connectivity index (χ0) is 23.3. The van der Waals surface area contributed by atoms with Crippen LogP contribution in [0.2, 0.25) is 0 Å². The first-order valence-electron chi connectivity index (χ1n) is 10.2. The maximum absolute atomic E-state index is 12.7. The molecule has 0 unspecified atom stereocenters. The van der Waals surface area contributed by atoms with E-state index in [1.165, 1.54) is 12.1 Å². The number of halogens is 2. The Hall–Kier alpha value is -3.12. The van der Waals surface area contributed by atoms with Crippen LogP contribution in [0.3, 0.4) is 0 Å². The molecule has 4 rings (SSSR count). The molecule has 1 N–H and O–H groups in total. The zero-order valence-electron chi connectivity index (χ0n) is 17.9. The van der Waals surface area contributed by atoms with E-state index in [0.29, 0.717) is 46.3 Å². The molecule has 32 heavy (non-hydrogen) atoms. The topological polar surface area (TPSA) is 84.1 Å². The molecular weight excluding hydrogens is 436 g/mol. The van der Waals surface area contributed by atoms with Crippen LogP contribution in [-0.4, -0.2) is 24.3 Å². The van der Waals surface area contributed by atoms with Crippen LogP contribution < -0.4 is 9.46 Å². The first-order chi connectivity index (χ1) is 15.1. The van der Waals surface area contributed by atoms with Gasteiger partial charge in [0, 0.05) is 23.2 Å². The highest BCUT2D eigenvalue weighted by Crippen LogP contribution is 2.43. The lowest BCUT2D eigenvalue weighted by atomic mass is 10.1. The van der Waals surface area contributed by atoms with Crippen molar-refractivity contribution in [1.82, 2.24) is 4.57 Å². The summed E-state index contributed by atoms with van der Waals surface area (Å²) in [5.74, 6) is 0.0151. The minimum atomic E-state index is -3.47. The lowest BCUT2D eigenvalue weighted by Gasteiger charge is -2.17. The quantitative estimate of drug-likeness (QED) is 0.494. The van der Waals surface area contributed by atoms with Crippen LogP contribution in [-0.2, 0) is 10.0 Å². The number of ether oxygens (including phenoxy) is 1. The molecule has 1 saturated carbocycles. The summed E-state index contributed by atoms with van der Waals surface area (Å²) in [5, 5.41) is 10.5. The van der Waals surface area contributed by atoms with Crippen molar-refractivity contribution in [3.8, 4) is 23.1 Å². The molecule has 1 aromatic heterocycles. The van der Waals surface area contributed by atoms with E-state index in [1.807, 2.05) is 18.4 Å². The third-order valence-electron chi connectivity index (χ3n) is 5.84. The number of nitriles is 1. The molecule has 2 aromatic carbocycles. The van der Waals surface area contributed by atoms with E-state index in [4.69, 9.17) is 0 Å². The maximum atomic E-state index is 12.7. The maximum Gasteiger partial charge on any atom is 0.387 e. The van der Waals surface area contributed by atoms with Gasteiger partial charge in [0.05, 0.1) is 21.5 Å². The Morgan fingerprint density at radius 1 is 1.16 bits per heavy atom. The highest BCUT2D eigenvalue weighted by Gasteiger charge is 2.50. The number of aromatic nitrogens is 1. The third kappa shape index (κ3) is 3.79. The summed E-state index contributed by atoms with van der Waals surface area (Å²) >= 11 is 0. The number of rotatable bonds is 7. The molecule has 1 aliphatic rings. The van der Waals surface area contributed by atoms with E-state index in [-0.39, 0.29) is 11.8 Å². The molecule has 3 aromatic rings. The van der Waals surface area contributed by atoms with E-state index >= 15 is 0 Å². The van der Waals surface area contributed by atoms with Gasteiger partial charge in [0.15, 0.2) is 0 Å². The fraction of sp³-hybridized carbons (Fsp3) is 0.348. The van der Waals surface area contributed by atoms with Crippen LogP contribution >= 0.6 is 0 Å². The SMILES string of the molecule is CC(C)n1c(-c2ccc(NS(=O)(=O)C3(C)CC3)cc2)c(C#N)c2ccc(OC(F)F)cc21. The molecule has 9 heteroatoms. The molecule has 168 valence electrons. The second kappa shape index (κ2) is 7.78. The molecular formula is C23H23F2N3O3S.